The molecule has 0 spiro atoms. The molecule has 0 unspecified atom stereocenters. The predicted octanol–water partition coefficient (Wildman–Crippen LogP) is 0.527. The largest absolute Gasteiger partial charge is 0.378 e. The van der Waals surface area contributed by atoms with E-state index in [2.05, 4.69) is 10.6 Å². The summed E-state index contributed by atoms with van der Waals surface area (Å²) in [6.45, 7) is 4.26. The Kier molecular flexibility index (Phi) is 5.65. The van der Waals surface area contributed by atoms with Crippen molar-refractivity contribution in [3.05, 3.63) is 0 Å². The van der Waals surface area contributed by atoms with Gasteiger partial charge in [0.25, 0.3) is 0 Å². The number of hydrogen-bond acceptors (Lipinski definition) is 3. The summed E-state index contributed by atoms with van der Waals surface area (Å²) in [5, 5.41) is 5.92. The molecule has 1 saturated carbocycles. The van der Waals surface area contributed by atoms with Crippen LogP contribution in [0.4, 0.5) is 0 Å². The zero-order chi connectivity index (χ0) is 11.1. The first-order valence-electron chi connectivity index (χ1n) is 5.79. The van der Waals surface area contributed by atoms with Gasteiger partial charge < -0.3 is 15.4 Å². The Hall–Kier alpha value is -0.610. The van der Waals surface area contributed by atoms with Gasteiger partial charge in [-0.3, -0.25) is 4.79 Å². The number of rotatable bonds is 7. The minimum Gasteiger partial charge on any atom is -0.378 e. The van der Waals surface area contributed by atoms with E-state index >= 15 is 0 Å². The highest BCUT2D eigenvalue weighted by Crippen LogP contribution is 2.29. The molecule has 1 rings (SSSR count). The van der Waals surface area contributed by atoms with Crippen LogP contribution in [-0.4, -0.2) is 38.8 Å². The molecule has 1 aliphatic rings. The van der Waals surface area contributed by atoms with Crippen LogP contribution in [0.15, 0.2) is 0 Å². The summed E-state index contributed by atoms with van der Waals surface area (Å²) in [5.41, 5.74) is 0. The fourth-order valence-corrected chi connectivity index (χ4v) is 1.87. The number of amides is 1. The molecule has 2 N–H and O–H groups in total. The Morgan fingerprint density at radius 2 is 2.20 bits per heavy atom. The van der Waals surface area contributed by atoms with Crippen molar-refractivity contribution in [1.29, 1.82) is 0 Å². The van der Waals surface area contributed by atoms with Gasteiger partial charge in [0.1, 0.15) is 0 Å². The van der Waals surface area contributed by atoms with Gasteiger partial charge in [0.2, 0.25) is 5.91 Å². The highest BCUT2D eigenvalue weighted by atomic mass is 16.5. The van der Waals surface area contributed by atoms with E-state index in [4.69, 9.17) is 4.74 Å². The average molecular weight is 214 g/mol. The van der Waals surface area contributed by atoms with Crippen molar-refractivity contribution >= 4 is 5.91 Å². The van der Waals surface area contributed by atoms with Gasteiger partial charge in [-0.25, -0.2) is 0 Å². The van der Waals surface area contributed by atoms with Crippen molar-refractivity contribution in [2.75, 3.05) is 26.7 Å². The van der Waals surface area contributed by atoms with Gasteiger partial charge in [-0.05, 0) is 39.3 Å². The molecule has 0 aromatic carbocycles. The predicted molar refractivity (Wildman–Crippen MR) is 59.7 cm³/mol. The zero-order valence-corrected chi connectivity index (χ0v) is 9.71. The lowest BCUT2D eigenvalue weighted by Gasteiger charge is -2.34. The van der Waals surface area contributed by atoms with Crippen LogP contribution in [0.2, 0.25) is 0 Å². The van der Waals surface area contributed by atoms with E-state index in [9.17, 15) is 4.79 Å². The first-order chi connectivity index (χ1) is 7.26. The van der Waals surface area contributed by atoms with Crippen LogP contribution in [0.3, 0.4) is 0 Å². The number of carbonyl (C=O) groups excluding carboxylic acids is 1. The summed E-state index contributed by atoms with van der Waals surface area (Å²) in [5.74, 6) is 0.855. The molecule has 0 radical (unpaired) electrons. The molecule has 88 valence electrons. The average Bonchev–Trinajstić information content (AvgIpc) is 2.14. The lowest BCUT2D eigenvalue weighted by molar-refractivity contribution is -0.123. The van der Waals surface area contributed by atoms with Gasteiger partial charge in [-0.1, -0.05) is 0 Å². The van der Waals surface area contributed by atoms with Crippen molar-refractivity contribution in [3.63, 3.8) is 0 Å². The Morgan fingerprint density at radius 3 is 2.80 bits per heavy atom. The molecule has 0 saturated heterocycles. The summed E-state index contributed by atoms with van der Waals surface area (Å²) in [6, 6.07) is 0. The summed E-state index contributed by atoms with van der Waals surface area (Å²) >= 11 is 0. The molecule has 0 aromatic heterocycles. The summed E-state index contributed by atoms with van der Waals surface area (Å²) < 4.78 is 5.58. The highest BCUT2D eigenvalue weighted by Gasteiger charge is 2.28. The van der Waals surface area contributed by atoms with Gasteiger partial charge in [-0.15, -0.1) is 0 Å². The van der Waals surface area contributed by atoms with E-state index < -0.39 is 0 Å². The third kappa shape index (κ3) is 4.62. The van der Waals surface area contributed by atoms with Crippen LogP contribution in [-0.2, 0) is 9.53 Å². The fraction of sp³-hybridized carbons (Fsp3) is 0.909. The molecular weight excluding hydrogens is 192 g/mol. The quantitative estimate of drug-likeness (QED) is 0.650. The monoisotopic (exact) mass is 214 g/mol. The van der Waals surface area contributed by atoms with Crippen molar-refractivity contribution < 1.29 is 9.53 Å². The van der Waals surface area contributed by atoms with E-state index in [0.717, 1.165) is 25.3 Å². The van der Waals surface area contributed by atoms with Gasteiger partial charge in [0.05, 0.1) is 12.7 Å². The molecule has 15 heavy (non-hydrogen) atoms. The fourth-order valence-electron chi connectivity index (χ4n) is 1.87. The van der Waals surface area contributed by atoms with Gasteiger partial charge in [0, 0.05) is 13.0 Å². The minimum atomic E-state index is 0.0867. The van der Waals surface area contributed by atoms with Crippen LogP contribution in [0.5, 0.6) is 0 Å². The first-order valence-corrected chi connectivity index (χ1v) is 5.79. The second kappa shape index (κ2) is 6.80. The van der Waals surface area contributed by atoms with Crippen LogP contribution < -0.4 is 10.6 Å². The number of ether oxygens (including phenoxy) is 1. The lowest BCUT2D eigenvalue weighted by Crippen LogP contribution is -2.37. The zero-order valence-electron chi connectivity index (χ0n) is 9.71. The first kappa shape index (κ1) is 12.5. The third-order valence-corrected chi connectivity index (χ3v) is 2.74. The van der Waals surface area contributed by atoms with Gasteiger partial charge in [0.15, 0.2) is 0 Å². The van der Waals surface area contributed by atoms with Crippen LogP contribution in [0.25, 0.3) is 0 Å². The third-order valence-electron chi connectivity index (χ3n) is 2.74. The maximum absolute atomic E-state index is 11.1. The molecule has 0 bridgehead atoms. The molecule has 1 aliphatic carbocycles. The van der Waals surface area contributed by atoms with E-state index in [0.29, 0.717) is 25.7 Å². The van der Waals surface area contributed by atoms with Crippen molar-refractivity contribution in [2.24, 2.45) is 5.92 Å². The van der Waals surface area contributed by atoms with Crippen molar-refractivity contribution in [1.82, 2.24) is 10.6 Å². The Balaban J connectivity index is 1.92. The molecule has 0 aliphatic heterocycles. The molecule has 0 aromatic rings. The molecule has 0 heterocycles. The summed E-state index contributed by atoms with van der Waals surface area (Å²) in [6.07, 6.45) is 3.14. The topological polar surface area (TPSA) is 50.4 Å². The second-order valence-corrected chi connectivity index (χ2v) is 4.09. The Bertz CT molecular complexity index is 191. The summed E-state index contributed by atoms with van der Waals surface area (Å²) in [7, 11) is 1.98. The molecule has 1 amide bonds. The van der Waals surface area contributed by atoms with Crippen molar-refractivity contribution in [3.8, 4) is 0 Å². The van der Waals surface area contributed by atoms with E-state index in [-0.39, 0.29) is 5.91 Å². The normalized spacial score (nSPS) is 24.7. The van der Waals surface area contributed by atoms with Crippen LogP contribution in [0.1, 0.15) is 26.2 Å². The maximum atomic E-state index is 11.1. The van der Waals surface area contributed by atoms with E-state index in [1.807, 2.05) is 14.0 Å². The number of hydrogen-bond donors (Lipinski definition) is 2. The minimum absolute atomic E-state index is 0.0867. The van der Waals surface area contributed by atoms with Gasteiger partial charge >= 0.3 is 0 Å². The number of carbonyl (C=O) groups is 1. The molecule has 4 heteroatoms. The van der Waals surface area contributed by atoms with Crippen LogP contribution >= 0.6 is 0 Å². The lowest BCUT2D eigenvalue weighted by atomic mass is 9.82. The SMILES string of the molecule is CCNC(=O)CCOC1CC(CNC)C1. The van der Waals surface area contributed by atoms with Crippen LogP contribution in [0, 0.1) is 5.92 Å². The molecule has 0 atom stereocenters. The van der Waals surface area contributed by atoms with E-state index in [1.165, 1.54) is 0 Å². The smallest absolute Gasteiger partial charge is 0.222 e. The molecule has 1 fully saturated rings. The maximum Gasteiger partial charge on any atom is 0.222 e. The molecule has 4 nitrogen and oxygen atoms in total. The number of nitrogens with one attached hydrogen (secondary N) is 2. The standard InChI is InChI=1S/C11H22N2O2/c1-3-13-11(14)4-5-15-10-6-9(7-10)8-12-2/h9-10,12H,3-8H2,1-2H3,(H,13,14). The van der Waals surface area contributed by atoms with E-state index in [1.54, 1.807) is 0 Å². The summed E-state index contributed by atoms with van der Waals surface area (Å²) in [4.78, 5) is 11.1. The second-order valence-electron chi connectivity index (χ2n) is 4.09. The van der Waals surface area contributed by atoms with Crippen molar-refractivity contribution in [2.45, 2.75) is 32.3 Å². The van der Waals surface area contributed by atoms with Gasteiger partial charge in [-0.2, -0.15) is 0 Å². The molecular formula is C11H22N2O2. The Labute approximate surface area is 91.8 Å². The highest BCUT2D eigenvalue weighted by molar-refractivity contribution is 5.75. The Morgan fingerprint density at radius 1 is 1.47 bits per heavy atom.